The van der Waals surface area contributed by atoms with Gasteiger partial charge in [-0.3, -0.25) is 4.79 Å². The Bertz CT molecular complexity index is 664. The van der Waals surface area contributed by atoms with E-state index in [9.17, 15) is 18.0 Å². The Morgan fingerprint density at radius 1 is 1.24 bits per heavy atom. The van der Waals surface area contributed by atoms with Crippen LogP contribution in [0.4, 0.5) is 0 Å². The van der Waals surface area contributed by atoms with Gasteiger partial charge in [-0.05, 0) is 30.5 Å². The Kier molecular flexibility index (Phi) is 4.38. The molecule has 1 aromatic carbocycles. The summed E-state index contributed by atoms with van der Waals surface area (Å²) in [7, 11) is -3.64. The topological polar surface area (TPSA) is 101 Å². The van der Waals surface area contributed by atoms with Crippen molar-refractivity contribution in [2.24, 2.45) is 0 Å². The minimum Gasteiger partial charge on any atom is -0.480 e. The van der Waals surface area contributed by atoms with E-state index in [1.54, 1.807) is 24.3 Å². The van der Waals surface area contributed by atoms with Crippen molar-refractivity contribution in [3.05, 3.63) is 34.3 Å². The summed E-state index contributed by atoms with van der Waals surface area (Å²) in [5.74, 6) is -2.86. The molecule has 1 amide bonds. The maximum atomic E-state index is 12.0. The summed E-state index contributed by atoms with van der Waals surface area (Å²) in [6.07, 6.45) is 0.668. The van der Waals surface area contributed by atoms with Gasteiger partial charge in [0.05, 0.1) is 5.75 Å². The number of carbonyl (C=O) groups is 2. The number of nitrogens with one attached hydrogen (secondary N) is 1. The smallest absolute Gasteiger partial charge is 0.329 e. The molecule has 6 nitrogen and oxygen atoms in total. The Labute approximate surface area is 130 Å². The summed E-state index contributed by atoms with van der Waals surface area (Å²) in [5, 5.41) is 11.2. The fourth-order valence-corrected chi connectivity index (χ4v) is 3.44. The number of sulfone groups is 1. The Morgan fingerprint density at radius 2 is 1.81 bits per heavy atom. The number of halogens is 1. The van der Waals surface area contributed by atoms with E-state index >= 15 is 0 Å². The zero-order chi connectivity index (χ0) is 15.7. The van der Waals surface area contributed by atoms with Crippen molar-refractivity contribution in [3.8, 4) is 0 Å². The molecule has 0 aliphatic heterocycles. The first-order valence-corrected chi connectivity index (χ1v) is 8.83. The number of benzene rings is 1. The lowest BCUT2D eigenvalue weighted by molar-refractivity contribution is -0.142. The predicted molar refractivity (Wildman–Crippen MR) is 79.4 cm³/mol. The Morgan fingerprint density at radius 3 is 2.29 bits per heavy atom. The number of carboxylic acid groups (broad SMARTS) is 1. The molecule has 1 saturated carbocycles. The van der Waals surface area contributed by atoms with E-state index in [4.69, 9.17) is 5.11 Å². The van der Waals surface area contributed by atoms with Crippen LogP contribution in [0.15, 0.2) is 28.7 Å². The summed E-state index contributed by atoms with van der Waals surface area (Å²) in [5.41, 5.74) is -0.685. The van der Waals surface area contributed by atoms with Crippen LogP contribution in [0, 0.1) is 0 Å². The van der Waals surface area contributed by atoms with Gasteiger partial charge in [0.15, 0.2) is 9.84 Å². The second kappa shape index (κ2) is 5.76. The minimum atomic E-state index is -3.64. The lowest BCUT2D eigenvalue weighted by Crippen LogP contribution is -2.45. The first kappa shape index (κ1) is 16.0. The average Bonchev–Trinajstić information content (AvgIpc) is 3.11. The highest BCUT2D eigenvalue weighted by Crippen LogP contribution is 2.35. The molecule has 21 heavy (non-hydrogen) atoms. The van der Waals surface area contributed by atoms with Crippen molar-refractivity contribution in [2.45, 2.75) is 24.1 Å². The number of carboxylic acids is 1. The van der Waals surface area contributed by atoms with Crippen molar-refractivity contribution in [1.29, 1.82) is 0 Å². The molecule has 0 bridgehead atoms. The first-order valence-electron chi connectivity index (χ1n) is 6.22. The molecule has 0 radical (unpaired) electrons. The van der Waals surface area contributed by atoms with Crippen LogP contribution in [0.5, 0.6) is 0 Å². The highest BCUT2D eigenvalue weighted by atomic mass is 79.9. The maximum absolute atomic E-state index is 12.0. The molecule has 0 spiro atoms. The highest BCUT2D eigenvalue weighted by Gasteiger charge is 2.51. The van der Waals surface area contributed by atoms with Crippen molar-refractivity contribution in [1.82, 2.24) is 5.32 Å². The van der Waals surface area contributed by atoms with E-state index in [0.717, 1.165) is 4.47 Å². The molecule has 0 atom stereocenters. The largest absolute Gasteiger partial charge is 0.480 e. The van der Waals surface area contributed by atoms with Gasteiger partial charge in [-0.15, -0.1) is 0 Å². The van der Waals surface area contributed by atoms with Crippen molar-refractivity contribution >= 4 is 37.6 Å². The average molecular weight is 376 g/mol. The molecule has 1 aliphatic carbocycles. The van der Waals surface area contributed by atoms with Crippen LogP contribution in [-0.2, 0) is 25.2 Å². The molecular formula is C13H14BrNO5S. The molecule has 1 aliphatic rings. The predicted octanol–water partition coefficient (Wildman–Crippen LogP) is 1.10. The van der Waals surface area contributed by atoms with E-state index in [2.05, 4.69) is 21.2 Å². The molecule has 2 rings (SSSR count). The molecule has 2 N–H and O–H groups in total. The van der Waals surface area contributed by atoms with Crippen molar-refractivity contribution in [3.63, 3.8) is 0 Å². The van der Waals surface area contributed by atoms with Crippen LogP contribution in [0.1, 0.15) is 18.4 Å². The number of rotatable bonds is 6. The van der Waals surface area contributed by atoms with Gasteiger partial charge >= 0.3 is 5.97 Å². The molecule has 0 saturated heterocycles. The number of hydrogen-bond donors (Lipinski definition) is 2. The van der Waals surface area contributed by atoms with E-state index in [-0.39, 0.29) is 5.75 Å². The van der Waals surface area contributed by atoms with Crippen LogP contribution in [0.2, 0.25) is 0 Å². The van der Waals surface area contributed by atoms with Crippen LogP contribution < -0.4 is 5.32 Å². The molecule has 8 heteroatoms. The van der Waals surface area contributed by atoms with Gasteiger partial charge in [0.25, 0.3) is 0 Å². The van der Waals surface area contributed by atoms with Crippen LogP contribution >= 0.6 is 15.9 Å². The number of hydrogen-bond acceptors (Lipinski definition) is 4. The van der Waals surface area contributed by atoms with Crippen molar-refractivity contribution in [2.75, 3.05) is 5.75 Å². The SMILES string of the molecule is O=C(CS(=O)(=O)Cc1ccc(Br)cc1)NC1(C(=O)O)CC1. The first-order chi connectivity index (χ1) is 9.72. The maximum Gasteiger partial charge on any atom is 0.329 e. The lowest BCUT2D eigenvalue weighted by atomic mass is 10.2. The number of aliphatic carboxylic acids is 1. The van der Waals surface area contributed by atoms with Crippen molar-refractivity contribution < 1.29 is 23.1 Å². The molecule has 0 heterocycles. The van der Waals surface area contributed by atoms with E-state index < -0.39 is 33.0 Å². The second-order valence-electron chi connectivity index (χ2n) is 5.09. The van der Waals surface area contributed by atoms with E-state index in [0.29, 0.717) is 18.4 Å². The highest BCUT2D eigenvalue weighted by molar-refractivity contribution is 9.10. The summed E-state index contributed by atoms with van der Waals surface area (Å²) >= 11 is 3.25. The standard InChI is InChI=1S/C13H14BrNO5S/c14-10-3-1-9(2-4-10)7-21(19,20)8-11(16)15-13(5-6-13)12(17)18/h1-4H,5-8H2,(H,15,16)(H,17,18). The number of amides is 1. The van der Waals surface area contributed by atoms with Crippen LogP contribution in [-0.4, -0.2) is 36.7 Å². The van der Waals surface area contributed by atoms with Crippen LogP contribution in [0.3, 0.4) is 0 Å². The van der Waals surface area contributed by atoms with Gasteiger partial charge in [0.2, 0.25) is 5.91 Å². The quantitative estimate of drug-likeness (QED) is 0.775. The second-order valence-corrected chi connectivity index (χ2v) is 8.07. The fraction of sp³-hybridized carbons (Fsp3) is 0.385. The zero-order valence-electron chi connectivity index (χ0n) is 11.0. The third-order valence-electron chi connectivity index (χ3n) is 3.19. The summed E-state index contributed by atoms with van der Waals surface area (Å²) in [4.78, 5) is 22.6. The summed E-state index contributed by atoms with van der Waals surface area (Å²) in [6.45, 7) is 0. The third-order valence-corrected chi connectivity index (χ3v) is 5.19. The fourth-order valence-electron chi connectivity index (χ4n) is 1.91. The van der Waals surface area contributed by atoms with E-state index in [1.807, 2.05) is 0 Å². The minimum absolute atomic E-state index is 0.256. The number of carbonyl (C=O) groups excluding carboxylic acids is 1. The monoisotopic (exact) mass is 375 g/mol. The van der Waals surface area contributed by atoms with Gasteiger partial charge in [0.1, 0.15) is 11.3 Å². The molecule has 0 unspecified atom stereocenters. The normalized spacial score (nSPS) is 16.2. The lowest BCUT2D eigenvalue weighted by Gasteiger charge is -2.12. The molecular weight excluding hydrogens is 362 g/mol. The Hall–Kier alpha value is -1.41. The Balaban J connectivity index is 1.96. The zero-order valence-corrected chi connectivity index (χ0v) is 13.4. The van der Waals surface area contributed by atoms with Crippen LogP contribution in [0.25, 0.3) is 0 Å². The van der Waals surface area contributed by atoms with Gasteiger partial charge in [-0.2, -0.15) is 0 Å². The third kappa shape index (κ3) is 4.28. The molecule has 114 valence electrons. The van der Waals surface area contributed by atoms with Gasteiger partial charge < -0.3 is 10.4 Å². The van der Waals surface area contributed by atoms with E-state index in [1.165, 1.54) is 0 Å². The van der Waals surface area contributed by atoms with Gasteiger partial charge in [0, 0.05) is 4.47 Å². The summed E-state index contributed by atoms with van der Waals surface area (Å²) < 4.78 is 24.7. The molecule has 1 aromatic rings. The van der Waals surface area contributed by atoms with Gasteiger partial charge in [-0.25, -0.2) is 13.2 Å². The molecule has 0 aromatic heterocycles. The molecule has 1 fully saturated rings. The van der Waals surface area contributed by atoms with Gasteiger partial charge in [-0.1, -0.05) is 28.1 Å². The summed E-state index contributed by atoms with van der Waals surface area (Å²) in [6, 6.07) is 6.74.